The molecule has 1 unspecified atom stereocenters. The van der Waals surface area contributed by atoms with Gasteiger partial charge in [-0.15, -0.1) is 0 Å². The Bertz CT molecular complexity index is 2500. The second-order valence-electron chi connectivity index (χ2n) is 18.4. The third kappa shape index (κ3) is 7.88. The van der Waals surface area contributed by atoms with Gasteiger partial charge in [0.2, 0.25) is 17.7 Å². The Labute approximate surface area is 370 Å². The third-order valence-corrected chi connectivity index (χ3v) is 14.4. The maximum Gasteiger partial charge on any atom is 0.262 e. The molecule has 6 heterocycles. The van der Waals surface area contributed by atoms with Crippen molar-refractivity contribution < 1.29 is 33.5 Å². The second-order valence-corrected chi connectivity index (χ2v) is 18.4. The van der Waals surface area contributed by atoms with Crippen LogP contribution in [-0.4, -0.2) is 111 Å². The number of para-hydroxylation sites is 1. The van der Waals surface area contributed by atoms with Gasteiger partial charge in [0, 0.05) is 69.4 Å². The number of benzene rings is 3. The predicted octanol–water partition coefficient (Wildman–Crippen LogP) is 5.18. The number of aromatic nitrogens is 2. The average molecular weight is 868 g/mol. The first-order valence-corrected chi connectivity index (χ1v) is 22.6. The molecule has 1 aliphatic carbocycles. The van der Waals surface area contributed by atoms with Gasteiger partial charge in [0.05, 0.1) is 17.2 Å². The summed E-state index contributed by atoms with van der Waals surface area (Å²) in [5, 5.41) is 14.2. The van der Waals surface area contributed by atoms with Crippen molar-refractivity contribution in [2.24, 2.45) is 17.1 Å². The van der Waals surface area contributed by atoms with Crippen LogP contribution in [0.4, 0.5) is 11.5 Å². The van der Waals surface area contributed by atoms with E-state index in [1.165, 1.54) is 0 Å². The number of carbonyl (C=O) groups excluding carboxylic acids is 6. The molecule has 0 bridgehead atoms. The first-order valence-electron chi connectivity index (χ1n) is 22.6. The number of amides is 6. The van der Waals surface area contributed by atoms with Crippen molar-refractivity contribution in [2.45, 2.75) is 82.3 Å². The smallest absolute Gasteiger partial charge is 0.262 e. The van der Waals surface area contributed by atoms with E-state index in [1.54, 1.807) is 12.1 Å². The van der Waals surface area contributed by atoms with Gasteiger partial charge in [-0.3, -0.25) is 39.0 Å². The van der Waals surface area contributed by atoms with Gasteiger partial charge in [0.15, 0.2) is 0 Å². The number of hydrogen-bond donors (Lipinski definition) is 4. The van der Waals surface area contributed by atoms with E-state index in [2.05, 4.69) is 20.9 Å². The SMILES string of the molecule is NC(=O)c1c(-c2ccc(Oc3ccccc3)cc2)nn2c1NCC[C@H]2C1CCN(C(=O)CCN2CC3(CCC(Nc4ccc5c(c4)C(=O)N(C4CCC(=O)NC4=O)C5=O)CC3)C2)CC1. The van der Waals surface area contributed by atoms with Crippen molar-refractivity contribution in [3.8, 4) is 22.8 Å². The van der Waals surface area contributed by atoms with E-state index >= 15 is 0 Å². The van der Waals surface area contributed by atoms with E-state index in [0.29, 0.717) is 54.8 Å². The number of rotatable bonds is 11. The lowest BCUT2D eigenvalue weighted by Crippen LogP contribution is -2.58. The zero-order valence-corrected chi connectivity index (χ0v) is 35.7. The predicted molar refractivity (Wildman–Crippen MR) is 237 cm³/mol. The van der Waals surface area contributed by atoms with Crippen molar-refractivity contribution >= 4 is 46.9 Å². The van der Waals surface area contributed by atoms with Gasteiger partial charge < -0.3 is 30.9 Å². The summed E-state index contributed by atoms with van der Waals surface area (Å²) in [5.41, 5.74) is 9.27. The summed E-state index contributed by atoms with van der Waals surface area (Å²) in [7, 11) is 0. The fourth-order valence-corrected chi connectivity index (χ4v) is 11.0. The summed E-state index contributed by atoms with van der Waals surface area (Å²) < 4.78 is 7.94. The molecule has 4 aromatic rings. The quantitative estimate of drug-likeness (QED) is 0.145. The van der Waals surface area contributed by atoms with Crippen LogP contribution in [0, 0.1) is 11.3 Å². The maximum atomic E-state index is 13.5. The molecule has 10 rings (SSSR count). The Morgan fingerprint density at radius 2 is 1.56 bits per heavy atom. The number of imide groups is 2. The molecule has 4 fully saturated rings. The highest BCUT2D eigenvalue weighted by Crippen LogP contribution is 2.45. The summed E-state index contributed by atoms with van der Waals surface area (Å²) in [5.74, 6) is 0.0363. The number of ether oxygens (including phenoxy) is 1. The number of fused-ring (bicyclic) bond motifs is 2. The zero-order chi connectivity index (χ0) is 44.1. The first-order chi connectivity index (χ1) is 31.0. The topological polar surface area (TPSA) is 201 Å². The van der Waals surface area contributed by atoms with Crippen molar-refractivity contribution in [1.82, 2.24) is 29.8 Å². The molecule has 3 aromatic carbocycles. The molecule has 5 aliphatic heterocycles. The van der Waals surface area contributed by atoms with Gasteiger partial charge in [0.25, 0.3) is 17.7 Å². The van der Waals surface area contributed by atoms with Crippen LogP contribution < -0.4 is 26.4 Å². The van der Waals surface area contributed by atoms with Gasteiger partial charge in [-0.2, -0.15) is 5.10 Å². The van der Waals surface area contributed by atoms with E-state index in [4.69, 9.17) is 15.6 Å². The third-order valence-electron chi connectivity index (χ3n) is 14.4. The number of primary amides is 1. The number of nitrogens with one attached hydrogen (secondary N) is 3. The summed E-state index contributed by atoms with van der Waals surface area (Å²) in [6, 6.07) is 21.6. The zero-order valence-electron chi connectivity index (χ0n) is 35.7. The molecule has 2 atom stereocenters. The second kappa shape index (κ2) is 16.9. The molecule has 1 aromatic heterocycles. The minimum absolute atomic E-state index is 0.0828. The standard InChI is InChI=1S/C48H53N9O7/c49-43(60)41-42(30-6-9-34(10-7-30)64-33-4-2-1-3-5-33)53-57-37(16-22-50-44(41)57)29-17-24-55(25-18-29)40(59)19-23-54-27-48(28-54)20-14-31(15-21-48)51-32-8-11-35-36(26-32)47(63)56(46(35)62)38-12-13-39(58)52-45(38)61/h1-11,26,29,31,37-38,50-51H,12-25,27-28H2,(H2,49,60)(H,52,58,61)/t37-,38?/m0/s1. The highest BCUT2D eigenvalue weighted by Gasteiger charge is 2.47. The molecule has 64 heavy (non-hydrogen) atoms. The van der Waals surface area contributed by atoms with Gasteiger partial charge in [0.1, 0.15) is 34.6 Å². The average Bonchev–Trinajstić information content (AvgIpc) is 3.80. The van der Waals surface area contributed by atoms with Gasteiger partial charge >= 0.3 is 0 Å². The molecule has 332 valence electrons. The van der Waals surface area contributed by atoms with Gasteiger partial charge in [-0.05, 0) is 117 Å². The number of anilines is 2. The van der Waals surface area contributed by atoms with E-state index in [1.807, 2.05) is 70.2 Å². The van der Waals surface area contributed by atoms with Crippen LogP contribution >= 0.6 is 0 Å². The van der Waals surface area contributed by atoms with E-state index in [0.717, 1.165) is 86.5 Å². The number of nitrogens with two attached hydrogens (primary N) is 1. The summed E-state index contributed by atoms with van der Waals surface area (Å²) >= 11 is 0. The molecule has 1 saturated carbocycles. The fraction of sp³-hybridized carbons (Fsp3) is 0.438. The van der Waals surface area contributed by atoms with E-state index < -0.39 is 35.6 Å². The molecule has 6 aliphatic rings. The number of carbonyl (C=O) groups is 6. The molecule has 0 radical (unpaired) electrons. The van der Waals surface area contributed by atoms with Crippen LogP contribution in [0.1, 0.15) is 101 Å². The van der Waals surface area contributed by atoms with Crippen molar-refractivity contribution in [1.29, 1.82) is 0 Å². The fourth-order valence-electron chi connectivity index (χ4n) is 11.0. The van der Waals surface area contributed by atoms with E-state index in [9.17, 15) is 28.8 Å². The highest BCUT2D eigenvalue weighted by molar-refractivity contribution is 6.23. The Kier molecular flexibility index (Phi) is 10.9. The number of hydrogen-bond acceptors (Lipinski definition) is 11. The molecule has 3 saturated heterocycles. The monoisotopic (exact) mass is 867 g/mol. The Morgan fingerprint density at radius 1 is 0.844 bits per heavy atom. The largest absolute Gasteiger partial charge is 0.457 e. The van der Waals surface area contributed by atoms with Crippen LogP contribution in [0.25, 0.3) is 11.3 Å². The Balaban J connectivity index is 0.678. The number of likely N-dealkylation sites (tertiary alicyclic amines) is 2. The van der Waals surface area contributed by atoms with Crippen LogP contribution in [0.2, 0.25) is 0 Å². The molecular formula is C48H53N9O7. The molecule has 1 spiro atoms. The van der Waals surface area contributed by atoms with Crippen molar-refractivity contribution in [3.63, 3.8) is 0 Å². The minimum atomic E-state index is -0.985. The lowest BCUT2D eigenvalue weighted by atomic mass is 9.67. The molecule has 6 amide bonds. The molecular weight excluding hydrogens is 815 g/mol. The first kappa shape index (κ1) is 41.5. The van der Waals surface area contributed by atoms with Crippen molar-refractivity contribution in [3.05, 3.63) is 89.5 Å². The van der Waals surface area contributed by atoms with Gasteiger partial charge in [-0.25, -0.2) is 4.68 Å². The molecule has 5 N–H and O–H groups in total. The minimum Gasteiger partial charge on any atom is -0.457 e. The number of piperidine rings is 2. The van der Waals surface area contributed by atoms with Crippen LogP contribution in [0.5, 0.6) is 11.5 Å². The van der Waals surface area contributed by atoms with Gasteiger partial charge in [-0.1, -0.05) is 18.2 Å². The lowest BCUT2D eigenvalue weighted by Gasteiger charge is -2.54. The van der Waals surface area contributed by atoms with Crippen molar-refractivity contribution in [2.75, 3.05) is 49.9 Å². The normalized spacial score (nSPS) is 22.4. The number of nitrogens with zero attached hydrogens (tertiary/aromatic N) is 5. The van der Waals surface area contributed by atoms with Crippen LogP contribution in [0.15, 0.2) is 72.8 Å². The molecule has 16 nitrogen and oxygen atoms in total. The van der Waals surface area contributed by atoms with Crippen LogP contribution in [0.3, 0.4) is 0 Å². The maximum absolute atomic E-state index is 13.5. The van der Waals surface area contributed by atoms with E-state index in [-0.39, 0.29) is 47.4 Å². The lowest BCUT2D eigenvalue weighted by molar-refractivity contribution is -0.136. The molecule has 16 heteroatoms. The van der Waals surface area contributed by atoms with Crippen LogP contribution in [-0.2, 0) is 14.4 Å². The summed E-state index contributed by atoms with van der Waals surface area (Å²) in [6.45, 7) is 4.85. The summed E-state index contributed by atoms with van der Waals surface area (Å²) in [4.78, 5) is 82.2. The Morgan fingerprint density at radius 3 is 2.28 bits per heavy atom. The Hall–Kier alpha value is -6.55. The highest BCUT2D eigenvalue weighted by atomic mass is 16.5. The summed E-state index contributed by atoms with van der Waals surface area (Å²) in [6.07, 6.45) is 7.41.